The van der Waals surface area contributed by atoms with Gasteiger partial charge in [-0.25, -0.2) is 8.42 Å². The van der Waals surface area contributed by atoms with Gasteiger partial charge in [-0.1, -0.05) is 23.7 Å². The fourth-order valence-corrected chi connectivity index (χ4v) is 6.51. The van der Waals surface area contributed by atoms with Crippen LogP contribution in [0, 0.1) is 5.92 Å². The molecule has 30 heavy (non-hydrogen) atoms. The minimum atomic E-state index is -4.81. The van der Waals surface area contributed by atoms with Crippen LogP contribution in [0.4, 0.5) is 13.2 Å². The van der Waals surface area contributed by atoms with Crippen LogP contribution in [-0.4, -0.2) is 36.3 Å². The molecule has 5 rings (SSSR count). The monoisotopic (exact) mass is 461 g/mol. The summed E-state index contributed by atoms with van der Waals surface area (Å²) >= 11 is 5.88. The normalized spacial score (nSPS) is 27.2. The summed E-state index contributed by atoms with van der Waals surface area (Å²) in [4.78, 5) is 0.0796. The first-order valence-electron chi connectivity index (χ1n) is 9.39. The van der Waals surface area contributed by atoms with Gasteiger partial charge in [0, 0.05) is 17.0 Å². The summed E-state index contributed by atoms with van der Waals surface area (Å²) in [6.07, 6.45) is -3.93. The van der Waals surface area contributed by atoms with Gasteiger partial charge in [0.25, 0.3) is 0 Å². The zero-order valence-corrected chi connectivity index (χ0v) is 17.2. The predicted molar refractivity (Wildman–Crippen MR) is 103 cm³/mol. The summed E-state index contributed by atoms with van der Waals surface area (Å²) in [5.41, 5.74) is 0.510. The third-order valence-electron chi connectivity index (χ3n) is 5.72. The van der Waals surface area contributed by atoms with Crippen molar-refractivity contribution in [3.63, 3.8) is 0 Å². The van der Waals surface area contributed by atoms with Crippen LogP contribution in [-0.2, 0) is 10.0 Å². The number of aliphatic hydroxyl groups excluding tert-OH is 1. The van der Waals surface area contributed by atoms with Crippen molar-refractivity contribution in [3.05, 3.63) is 59.1 Å². The highest BCUT2D eigenvalue weighted by Gasteiger charge is 2.52. The van der Waals surface area contributed by atoms with E-state index in [0.29, 0.717) is 29.8 Å². The Kier molecular flexibility index (Phi) is 5.50. The molecule has 2 heterocycles. The number of nitrogens with zero attached hydrogens (tertiary/aromatic N) is 1. The second kappa shape index (κ2) is 7.71. The van der Waals surface area contributed by atoms with Crippen LogP contribution < -0.4 is 4.74 Å². The Morgan fingerprint density at radius 1 is 1.03 bits per heavy atom. The number of alkyl halides is 3. The second-order valence-corrected chi connectivity index (χ2v) is 9.83. The molecule has 3 aliphatic rings. The average molecular weight is 462 g/mol. The number of ether oxygens (including phenoxy) is 1. The van der Waals surface area contributed by atoms with Crippen molar-refractivity contribution in [2.45, 2.75) is 48.7 Å². The predicted octanol–water partition coefficient (Wildman–Crippen LogP) is 4.51. The van der Waals surface area contributed by atoms with Crippen molar-refractivity contribution in [1.82, 2.24) is 4.31 Å². The fraction of sp³-hybridized carbons (Fsp3) is 0.400. The highest BCUT2D eigenvalue weighted by atomic mass is 35.5. The van der Waals surface area contributed by atoms with E-state index in [0.717, 1.165) is 12.1 Å². The van der Waals surface area contributed by atoms with E-state index in [-0.39, 0.29) is 16.6 Å². The SMILES string of the molecule is O=S(=O)(c1ccc(Cl)cc1)N1[C@H]2CC[C@@H]([C@H]1c1ccc(OC(F)(F)F)cc1)[C@@H](O)C2. The highest BCUT2D eigenvalue weighted by Crippen LogP contribution is 2.50. The van der Waals surface area contributed by atoms with Gasteiger partial charge in [-0.15, -0.1) is 13.2 Å². The molecule has 2 bridgehead atoms. The van der Waals surface area contributed by atoms with Crippen LogP contribution >= 0.6 is 11.6 Å². The number of rotatable bonds is 4. The molecule has 0 spiro atoms. The Morgan fingerprint density at radius 2 is 1.67 bits per heavy atom. The molecule has 3 fully saturated rings. The average Bonchev–Trinajstić information content (AvgIpc) is 2.67. The largest absolute Gasteiger partial charge is 0.573 e. The van der Waals surface area contributed by atoms with Gasteiger partial charge in [-0.2, -0.15) is 4.31 Å². The topological polar surface area (TPSA) is 66.8 Å². The molecule has 1 aliphatic carbocycles. The van der Waals surface area contributed by atoms with Gasteiger partial charge in [-0.05, 0) is 61.2 Å². The highest BCUT2D eigenvalue weighted by molar-refractivity contribution is 7.89. The summed E-state index contributed by atoms with van der Waals surface area (Å²) in [5.74, 6) is -0.744. The van der Waals surface area contributed by atoms with Crippen LogP contribution in [0.1, 0.15) is 30.9 Å². The molecule has 0 radical (unpaired) electrons. The van der Waals surface area contributed by atoms with Crippen LogP contribution in [0.2, 0.25) is 5.02 Å². The molecule has 2 aromatic carbocycles. The number of hydrogen-bond donors (Lipinski definition) is 1. The van der Waals surface area contributed by atoms with Gasteiger partial charge in [0.1, 0.15) is 5.75 Å². The van der Waals surface area contributed by atoms with Crippen molar-refractivity contribution in [3.8, 4) is 5.75 Å². The van der Waals surface area contributed by atoms with Gasteiger partial charge in [0.15, 0.2) is 0 Å². The maximum Gasteiger partial charge on any atom is 0.573 e. The van der Waals surface area contributed by atoms with Crippen molar-refractivity contribution < 1.29 is 31.4 Å². The van der Waals surface area contributed by atoms with E-state index in [1.807, 2.05) is 0 Å². The quantitative estimate of drug-likeness (QED) is 0.727. The van der Waals surface area contributed by atoms with Gasteiger partial charge in [0.2, 0.25) is 10.0 Å². The summed E-state index contributed by atoms with van der Waals surface area (Å²) in [6, 6.07) is 9.90. The maximum atomic E-state index is 13.5. The molecule has 0 amide bonds. The Balaban J connectivity index is 1.73. The molecular formula is C20H19ClF3NO4S. The molecule has 4 atom stereocenters. The molecule has 0 unspecified atom stereocenters. The van der Waals surface area contributed by atoms with Crippen LogP contribution in [0.15, 0.2) is 53.4 Å². The number of hydrogen-bond acceptors (Lipinski definition) is 4. The minimum absolute atomic E-state index is 0.0796. The minimum Gasteiger partial charge on any atom is -0.406 e. The summed E-state index contributed by atoms with van der Waals surface area (Å²) in [5, 5.41) is 10.9. The third kappa shape index (κ3) is 4.03. The summed E-state index contributed by atoms with van der Waals surface area (Å²) in [7, 11) is -3.92. The van der Waals surface area contributed by atoms with E-state index >= 15 is 0 Å². The number of fused-ring (bicyclic) bond motifs is 3. The van der Waals surface area contributed by atoms with Crippen molar-refractivity contribution >= 4 is 21.6 Å². The Bertz CT molecular complexity index is 1010. The molecular weight excluding hydrogens is 443 g/mol. The lowest BCUT2D eigenvalue weighted by Gasteiger charge is -2.52. The Morgan fingerprint density at radius 3 is 2.23 bits per heavy atom. The van der Waals surface area contributed by atoms with Crippen molar-refractivity contribution in [1.29, 1.82) is 0 Å². The summed E-state index contributed by atoms with van der Waals surface area (Å²) in [6.45, 7) is 0. The van der Waals surface area contributed by atoms with Crippen LogP contribution in [0.3, 0.4) is 0 Å². The number of sulfonamides is 1. The molecule has 2 saturated heterocycles. The lowest BCUT2D eigenvalue weighted by atomic mass is 9.72. The number of piperidine rings is 2. The zero-order valence-electron chi connectivity index (χ0n) is 15.6. The third-order valence-corrected chi connectivity index (χ3v) is 7.93. The molecule has 2 aromatic rings. The van der Waals surface area contributed by atoms with E-state index < -0.39 is 34.6 Å². The molecule has 162 valence electrons. The smallest absolute Gasteiger partial charge is 0.406 e. The van der Waals surface area contributed by atoms with E-state index in [4.69, 9.17) is 11.6 Å². The van der Waals surface area contributed by atoms with E-state index in [1.54, 1.807) is 0 Å². The fourth-order valence-electron chi connectivity index (χ4n) is 4.50. The van der Waals surface area contributed by atoms with Crippen molar-refractivity contribution in [2.75, 3.05) is 0 Å². The van der Waals surface area contributed by atoms with Crippen LogP contribution in [0.5, 0.6) is 5.75 Å². The van der Waals surface area contributed by atoms with Gasteiger partial charge in [-0.3, -0.25) is 0 Å². The molecule has 0 aromatic heterocycles. The first-order valence-corrected chi connectivity index (χ1v) is 11.2. The van der Waals surface area contributed by atoms with Crippen LogP contribution in [0.25, 0.3) is 0 Å². The molecule has 5 nitrogen and oxygen atoms in total. The molecule has 10 heteroatoms. The van der Waals surface area contributed by atoms with Gasteiger partial charge in [0.05, 0.1) is 17.0 Å². The Labute approximate surface area is 177 Å². The summed E-state index contributed by atoms with van der Waals surface area (Å²) < 4.78 is 69.6. The van der Waals surface area contributed by atoms with Gasteiger partial charge < -0.3 is 9.84 Å². The lowest BCUT2D eigenvalue weighted by Crippen LogP contribution is -2.57. The lowest BCUT2D eigenvalue weighted by molar-refractivity contribution is -0.274. The second-order valence-electron chi connectivity index (χ2n) is 7.55. The first kappa shape index (κ1) is 21.4. The van der Waals surface area contributed by atoms with E-state index in [1.165, 1.54) is 40.7 Å². The maximum absolute atomic E-state index is 13.5. The van der Waals surface area contributed by atoms with E-state index in [9.17, 15) is 26.7 Å². The standard InChI is InChI=1S/C20H19ClF3NO4S/c21-13-3-8-16(9-4-13)30(27,28)25-14-5-10-17(18(26)11-14)19(25)12-1-6-15(7-2-12)29-20(22,23)24/h1-4,6-9,14,17-19,26H,5,10-11H2/t14-,17+,18-,19+/m0/s1. The van der Waals surface area contributed by atoms with Crippen molar-refractivity contribution in [2.24, 2.45) is 5.92 Å². The molecule has 1 saturated carbocycles. The van der Waals surface area contributed by atoms with Gasteiger partial charge >= 0.3 is 6.36 Å². The van der Waals surface area contributed by atoms with E-state index in [2.05, 4.69) is 4.74 Å². The zero-order chi connectivity index (χ0) is 21.7. The number of halogens is 4. The molecule has 1 N–H and O–H groups in total. The number of aliphatic hydroxyl groups is 1. The Hall–Kier alpha value is -1.81. The number of benzene rings is 2. The first-order chi connectivity index (χ1) is 14.1. The molecule has 2 aliphatic heterocycles.